The normalized spacial score (nSPS) is 10.4. The molecule has 0 aliphatic heterocycles. The molecule has 3 heteroatoms. The lowest BCUT2D eigenvalue weighted by atomic mass is 10.1. The van der Waals surface area contributed by atoms with Crippen LogP contribution >= 0.6 is 0 Å². The molecule has 0 aliphatic carbocycles. The van der Waals surface area contributed by atoms with Crippen LogP contribution in [0.3, 0.4) is 0 Å². The average Bonchev–Trinajstić information content (AvgIpc) is 2.54. The first-order valence-electron chi connectivity index (χ1n) is 4.33. The zero-order valence-corrected chi connectivity index (χ0v) is 7.79. The van der Waals surface area contributed by atoms with Crippen molar-refractivity contribution in [3.8, 4) is 6.07 Å². The molecule has 1 aromatic heterocycles. The summed E-state index contributed by atoms with van der Waals surface area (Å²) in [4.78, 5) is 0. The topological polar surface area (TPSA) is 28.7 Å². The van der Waals surface area contributed by atoms with Crippen LogP contribution < -0.4 is 0 Å². The van der Waals surface area contributed by atoms with Gasteiger partial charge < -0.3 is 4.57 Å². The van der Waals surface area contributed by atoms with Crippen LogP contribution in [-0.4, -0.2) is 4.57 Å². The lowest BCUT2D eigenvalue weighted by Gasteiger charge is -2.00. The van der Waals surface area contributed by atoms with E-state index in [9.17, 15) is 4.39 Å². The molecule has 0 saturated heterocycles. The number of fused-ring (bicyclic) bond motifs is 1. The molecule has 0 atom stereocenters. The summed E-state index contributed by atoms with van der Waals surface area (Å²) >= 11 is 0. The SMILES string of the molecule is Cn1ccc2c(F)c(CC#N)ccc21. The molecular weight excluding hydrogens is 179 g/mol. The molecule has 0 fully saturated rings. The number of hydrogen-bond acceptors (Lipinski definition) is 1. The van der Waals surface area contributed by atoms with Gasteiger partial charge in [0.1, 0.15) is 5.82 Å². The van der Waals surface area contributed by atoms with E-state index in [1.807, 2.05) is 29.9 Å². The maximum atomic E-state index is 13.7. The van der Waals surface area contributed by atoms with Crippen molar-refractivity contribution in [1.82, 2.24) is 4.57 Å². The number of aryl methyl sites for hydroxylation is 1. The molecule has 0 saturated carbocycles. The van der Waals surface area contributed by atoms with Gasteiger partial charge in [0.15, 0.2) is 0 Å². The first kappa shape index (κ1) is 8.76. The molecule has 1 heterocycles. The first-order valence-corrected chi connectivity index (χ1v) is 4.33. The number of aromatic nitrogens is 1. The Labute approximate surface area is 81.2 Å². The lowest BCUT2D eigenvalue weighted by Crippen LogP contribution is -1.91. The number of nitriles is 1. The molecule has 2 nitrogen and oxygen atoms in total. The Balaban J connectivity index is 2.71. The fraction of sp³-hybridized carbons (Fsp3) is 0.182. The minimum atomic E-state index is -0.273. The van der Waals surface area contributed by atoms with Gasteiger partial charge in [-0.3, -0.25) is 0 Å². The van der Waals surface area contributed by atoms with Crippen LogP contribution in [0.1, 0.15) is 5.56 Å². The molecule has 2 rings (SSSR count). The third-order valence-corrected chi connectivity index (χ3v) is 2.35. The van der Waals surface area contributed by atoms with Gasteiger partial charge in [-0.2, -0.15) is 5.26 Å². The third-order valence-electron chi connectivity index (χ3n) is 2.35. The molecule has 0 spiro atoms. The number of rotatable bonds is 1. The van der Waals surface area contributed by atoms with E-state index < -0.39 is 0 Å². The van der Waals surface area contributed by atoms with Crippen LogP contribution in [0.15, 0.2) is 24.4 Å². The van der Waals surface area contributed by atoms with Crippen molar-refractivity contribution in [3.63, 3.8) is 0 Å². The van der Waals surface area contributed by atoms with Crippen LogP contribution in [0, 0.1) is 17.1 Å². The minimum absolute atomic E-state index is 0.122. The van der Waals surface area contributed by atoms with Crippen molar-refractivity contribution < 1.29 is 4.39 Å². The van der Waals surface area contributed by atoms with Crippen molar-refractivity contribution in [2.45, 2.75) is 6.42 Å². The summed E-state index contributed by atoms with van der Waals surface area (Å²) in [5, 5.41) is 9.08. The largest absolute Gasteiger partial charge is 0.350 e. The highest BCUT2D eigenvalue weighted by Gasteiger charge is 2.08. The van der Waals surface area contributed by atoms with Crippen LogP contribution in [0.4, 0.5) is 4.39 Å². The minimum Gasteiger partial charge on any atom is -0.350 e. The summed E-state index contributed by atoms with van der Waals surface area (Å²) in [5.74, 6) is -0.273. The fourth-order valence-electron chi connectivity index (χ4n) is 1.58. The molecule has 0 N–H and O–H groups in total. The van der Waals surface area contributed by atoms with Crippen molar-refractivity contribution >= 4 is 10.9 Å². The lowest BCUT2D eigenvalue weighted by molar-refractivity contribution is 0.627. The average molecular weight is 188 g/mol. The van der Waals surface area contributed by atoms with E-state index in [-0.39, 0.29) is 12.2 Å². The number of benzene rings is 1. The highest BCUT2D eigenvalue weighted by Crippen LogP contribution is 2.21. The molecule has 0 unspecified atom stereocenters. The second-order valence-electron chi connectivity index (χ2n) is 3.23. The Morgan fingerprint density at radius 1 is 1.43 bits per heavy atom. The molecule has 70 valence electrons. The molecule has 0 amide bonds. The molecule has 2 aromatic rings. The van der Waals surface area contributed by atoms with E-state index in [4.69, 9.17) is 5.26 Å². The number of nitrogens with zero attached hydrogens (tertiary/aromatic N) is 2. The van der Waals surface area contributed by atoms with Crippen LogP contribution in [0.5, 0.6) is 0 Å². The molecule has 0 radical (unpaired) electrons. The predicted octanol–water partition coefficient (Wildman–Crippen LogP) is 2.38. The quantitative estimate of drug-likeness (QED) is 0.675. The summed E-state index contributed by atoms with van der Waals surface area (Å²) in [6.07, 6.45) is 1.93. The van der Waals surface area contributed by atoms with Crippen LogP contribution in [0.2, 0.25) is 0 Å². The van der Waals surface area contributed by atoms with Crippen molar-refractivity contribution in [2.75, 3.05) is 0 Å². The fourth-order valence-corrected chi connectivity index (χ4v) is 1.58. The van der Waals surface area contributed by atoms with Crippen LogP contribution in [-0.2, 0) is 13.5 Å². The Kier molecular flexibility index (Phi) is 1.97. The van der Waals surface area contributed by atoms with Gasteiger partial charge in [0, 0.05) is 24.2 Å². The zero-order valence-electron chi connectivity index (χ0n) is 7.79. The molecule has 1 aromatic carbocycles. The zero-order chi connectivity index (χ0) is 10.1. The molecule has 14 heavy (non-hydrogen) atoms. The van der Waals surface area contributed by atoms with Crippen molar-refractivity contribution in [3.05, 3.63) is 35.8 Å². The van der Waals surface area contributed by atoms with E-state index in [1.165, 1.54) is 0 Å². The second-order valence-corrected chi connectivity index (χ2v) is 3.23. The maximum absolute atomic E-state index is 13.7. The summed E-state index contributed by atoms with van der Waals surface area (Å²) in [7, 11) is 1.87. The Hall–Kier alpha value is -1.82. The van der Waals surface area contributed by atoms with Crippen molar-refractivity contribution in [2.24, 2.45) is 7.05 Å². The van der Waals surface area contributed by atoms with Gasteiger partial charge in [-0.1, -0.05) is 6.07 Å². The molecule has 0 aliphatic rings. The number of halogens is 1. The highest BCUT2D eigenvalue weighted by molar-refractivity contribution is 5.81. The summed E-state index contributed by atoms with van der Waals surface area (Å²) < 4.78 is 15.6. The van der Waals surface area contributed by atoms with Gasteiger partial charge in [-0.05, 0) is 12.1 Å². The van der Waals surface area contributed by atoms with E-state index >= 15 is 0 Å². The van der Waals surface area contributed by atoms with Gasteiger partial charge in [0.2, 0.25) is 0 Å². The Morgan fingerprint density at radius 2 is 2.21 bits per heavy atom. The maximum Gasteiger partial charge on any atom is 0.136 e. The standard InChI is InChI=1S/C11H9FN2/c1-14-7-5-9-10(14)3-2-8(4-6-13)11(9)12/h2-3,5,7H,4H2,1H3. The monoisotopic (exact) mass is 188 g/mol. The van der Waals surface area contributed by atoms with E-state index in [2.05, 4.69) is 0 Å². The van der Waals surface area contributed by atoms with E-state index in [1.54, 1.807) is 12.1 Å². The van der Waals surface area contributed by atoms with E-state index in [0.29, 0.717) is 10.9 Å². The van der Waals surface area contributed by atoms with Gasteiger partial charge in [-0.15, -0.1) is 0 Å². The molecular formula is C11H9FN2. The van der Waals surface area contributed by atoms with E-state index in [0.717, 1.165) is 5.52 Å². The summed E-state index contributed by atoms with van der Waals surface area (Å²) in [5.41, 5.74) is 1.32. The third kappa shape index (κ3) is 1.16. The highest BCUT2D eigenvalue weighted by atomic mass is 19.1. The number of hydrogen-bond donors (Lipinski definition) is 0. The Bertz CT molecular complexity index is 520. The van der Waals surface area contributed by atoms with Gasteiger partial charge >= 0.3 is 0 Å². The van der Waals surface area contributed by atoms with Gasteiger partial charge in [-0.25, -0.2) is 4.39 Å². The predicted molar refractivity (Wildman–Crippen MR) is 52.2 cm³/mol. The second kappa shape index (κ2) is 3.15. The van der Waals surface area contributed by atoms with Crippen LogP contribution in [0.25, 0.3) is 10.9 Å². The first-order chi connectivity index (χ1) is 6.74. The molecule has 0 bridgehead atoms. The smallest absolute Gasteiger partial charge is 0.136 e. The Morgan fingerprint density at radius 3 is 2.93 bits per heavy atom. The van der Waals surface area contributed by atoms with Gasteiger partial charge in [0.25, 0.3) is 0 Å². The summed E-state index contributed by atoms with van der Waals surface area (Å²) in [6, 6.07) is 7.18. The summed E-state index contributed by atoms with van der Waals surface area (Å²) in [6.45, 7) is 0. The van der Waals surface area contributed by atoms with Crippen molar-refractivity contribution in [1.29, 1.82) is 5.26 Å². The van der Waals surface area contributed by atoms with Gasteiger partial charge in [0.05, 0.1) is 18.0 Å².